The van der Waals surface area contributed by atoms with E-state index in [0.717, 1.165) is 26.1 Å². The molecule has 23 heavy (non-hydrogen) atoms. The van der Waals surface area contributed by atoms with Crippen molar-refractivity contribution in [3.63, 3.8) is 0 Å². The van der Waals surface area contributed by atoms with Crippen LogP contribution < -0.4 is 4.90 Å². The molecule has 0 radical (unpaired) electrons. The van der Waals surface area contributed by atoms with Crippen LogP contribution in [0.15, 0.2) is 59.3 Å². The SMILES string of the molecule is C#CCN1CCN2C3=C4C(=CC=C[C@@H]4C[C@H]31)Cc1ccccc12. The molecule has 1 fully saturated rings. The van der Waals surface area contributed by atoms with E-state index >= 15 is 0 Å². The Bertz CT molecular complexity index is 805. The highest BCUT2D eigenvalue weighted by atomic mass is 15.3. The van der Waals surface area contributed by atoms with E-state index in [4.69, 9.17) is 6.42 Å². The molecule has 1 saturated heterocycles. The van der Waals surface area contributed by atoms with Gasteiger partial charge in [-0.1, -0.05) is 42.3 Å². The summed E-state index contributed by atoms with van der Waals surface area (Å²) in [6.45, 7) is 2.85. The van der Waals surface area contributed by atoms with Gasteiger partial charge >= 0.3 is 0 Å². The number of para-hydroxylation sites is 1. The zero-order valence-corrected chi connectivity index (χ0v) is 13.2. The van der Waals surface area contributed by atoms with Gasteiger partial charge in [0.2, 0.25) is 0 Å². The Hall–Kier alpha value is -2.24. The molecule has 5 rings (SSSR count). The minimum atomic E-state index is 0.470. The molecule has 2 nitrogen and oxygen atoms in total. The number of hydrogen-bond donors (Lipinski definition) is 0. The molecule has 0 bridgehead atoms. The number of hydrogen-bond acceptors (Lipinski definition) is 2. The molecule has 0 N–H and O–H groups in total. The van der Waals surface area contributed by atoms with Crippen molar-refractivity contribution in [1.29, 1.82) is 0 Å². The lowest BCUT2D eigenvalue weighted by Crippen LogP contribution is -2.50. The summed E-state index contributed by atoms with van der Waals surface area (Å²) < 4.78 is 0. The first-order valence-corrected chi connectivity index (χ1v) is 8.51. The smallest absolute Gasteiger partial charge is 0.0605 e. The number of nitrogens with zero attached hydrogens (tertiary/aromatic N) is 2. The van der Waals surface area contributed by atoms with Crippen molar-refractivity contribution in [2.24, 2.45) is 5.92 Å². The maximum atomic E-state index is 5.63. The summed E-state index contributed by atoms with van der Waals surface area (Å²) in [6, 6.07) is 9.38. The highest BCUT2D eigenvalue weighted by Crippen LogP contribution is 2.49. The lowest BCUT2D eigenvalue weighted by molar-refractivity contribution is 0.223. The topological polar surface area (TPSA) is 6.48 Å². The monoisotopic (exact) mass is 300 g/mol. The van der Waals surface area contributed by atoms with Gasteiger partial charge in [-0.25, -0.2) is 0 Å². The lowest BCUT2D eigenvalue weighted by Gasteiger charge is -2.42. The van der Waals surface area contributed by atoms with E-state index in [1.54, 1.807) is 5.57 Å². The van der Waals surface area contributed by atoms with Crippen molar-refractivity contribution in [2.45, 2.75) is 18.9 Å². The molecular formula is C21H20N2. The molecule has 2 atom stereocenters. The number of allylic oxidation sites excluding steroid dienone is 5. The number of piperazine rings is 1. The Morgan fingerprint density at radius 3 is 3.04 bits per heavy atom. The fourth-order valence-electron chi connectivity index (χ4n) is 4.80. The van der Waals surface area contributed by atoms with Gasteiger partial charge in [0.15, 0.2) is 0 Å². The Morgan fingerprint density at radius 2 is 2.13 bits per heavy atom. The molecule has 1 aromatic rings. The fraction of sp³-hybridized carbons (Fsp3) is 0.333. The molecule has 2 heteroatoms. The maximum Gasteiger partial charge on any atom is 0.0605 e. The zero-order valence-electron chi connectivity index (χ0n) is 13.2. The van der Waals surface area contributed by atoms with Crippen LogP contribution >= 0.6 is 0 Å². The van der Waals surface area contributed by atoms with Crippen LogP contribution in [0.5, 0.6) is 0 Å². The highest BCUT2D eigenvalue weighted by molar-refractivity contribution is 5.68. The van der Waals surface area contributed by atoms with Crippen LogP contribution in [0.2, 0.25) is 0 Å². The van der Waals surface area contributed by atoms with Crippen LogP contribution in [-0.2, 0) is 6.42 Å². The van der Waals surface area contributed by atoms with Crippen molar-refractivity contribution < 1.29 is 0 Å². The number of rotatable bonds is 1. The molecule has 0 spiro atoms. The van der Waals surface area contributed by atoms with Crippen LogP contribution in [-0.4, -0.2) is 30.6 Å². The van der Waals surface area contributed by atoms with Crippen molar-refractivity contribution in [1.82, 2.24) is 4.90 Å². The van der Waals surface area contributed by atoms with E-state index in [1.807, 2.05) is 0 Å². The van der Waals surface area contributed by atoms with Crippen molar-refractivity contribution >= 4 is 5.69 Å². The van der Waals surface area contributed by atoms with E-state index in [2.05, 4.69) is 58.2 Å². The lowest BCUT2D eigenvalue weighted by atomic mass is 9.87. The number of benzene rings is 1. The van der Waals surface area contributed by atoms with E-state index in [9.17, 15) is 0 Å². The molecule has 0 aromatic heterocycles. The van der Waals surface area contributed by atoms with Crippen molar-refractivity contribution in [3.8, 4) is 12.3 Å². The Labute approximate surface area is 137 Å². The Kier molecular flexibility index (Phi) is 2.80. The van der Waals surface area contributed by atoms with Crippen molar-refractivity contribution in [2.75, 3.05) is 24.5 Å². The zero-order chi connectivity index (χ0) is 15.4. The first-order valence-electron chi connectivity index (χ1n) is 8.51. The minimum absolute atomic E-state index is 0.470. The highest BCUT2D eigenvalue weighted by Gasteiger charge is 2.44. The van der Waals surface area contributed by atoms with Gasteiger partial charge in [-0.2, -0.15) is 0 Å². The summed E-state index contributed by atoms with van der Waals surface area (Å²) in [5.41, 5.74) is 7.46. The molecule has 2 aliphatic heterocycles. The van der Waals surface area contributed by atoms with Gasteiger partial charge in [0, 0.05) is 30.4 Å². The molecule has 0 saturated carbocycles. The second-order valence-corrected chi connectivity index (χ2v) is 6.87. The van der Waals surface area contributed by atoms with Gasteiger partial charge in [-0.05, 0) is 35.6 Å². The van der Waals surface area contributed by atoms with Gasteiger partial charge in [-0.3, -0.25) is 4.90 Å². The van der Waals surface area contributed by atoms with Gasteiger partial charge in [0.05, 0.1) is 12.6 Å². The van der Waals surface area contributed by atoms with Gasteiger partial charge in [-0.15, -0.1) is 6.42 Å². The van der Waals surface area contributed by atoms with Crippen LogP contribution in [0.4, 0.5) is 5.69 Å². The molecule has 114 valence electrons. The van der Waals surface area contributed by atoms with Crippen molar-refractivity contribution in [3.05, 3.63) is 64.9 Å². The van der Waals surface area contributed by atoms with Gasteiger partial charge < -0.3 is 4.90 Å². The van der Waals surface area contributed by atoms with E-state index in [1.165, 1.54) is 28.9 Å². The average molecular weight is 300 g/mol. The molecule has 2 aliphatic carbocycles. The summed E-state index contributed by atoms with van der Waals surface area (Å²) in [5.74, 6) is 3.42. The third-order valence-electron chi connectivity index (χ3n) is 5.73. The summed E-state index contributed by atoms with van der Waals surface area (Å²) in [4.78, 5) is 5.08. The predicted molar refractivity (Wildman–Crippen MR) is 94.0 cm³/mol. The Balaban J connectivity index is 1.72. The first kappa shape index (κ1) is 13.2. The predicted octanol–water partition coefficient (Wildman–Crippen LogP) is 3.14. The van der Waals surface area contributed by atoms with Crippen LogP contribution in [0.25, 0.3) is 0 Å². The molecule has 2 heterocycles. The quantitative estimate of drug-likeness (QED) is 0.735. The number of fused-ring (bicyclic) bond motifs is 2. The van der Waals surface area contributed by atoms with E-state index < -0.39 is 0 Å². The third-order valence-corrected chi connectivity index (χ3v) is 5.73. The Morgan fingerprint density at radius 1 is 1.22 bits per heavy atom. The van der Waals surface area contributed by atoms with Gasteiger partial charge in [0.1, 0.15) is 0 Å². The van der Waals surface area contributed by atoms with E-state index in [-0.39, 0.29) is 0 Å². The van der Waals surface area contributed by atoms with Gasteiger partial charge in [0.25, 0.3) is 0 Å². The summed E-state index contributed by atoms with van der Waals surface area (Å²) in [6.07, 6.45) is 14.8. The normalized spacial score (nSPS) is 28.0. The fourth-order valence-corrected chi connectivity index (χ4v) is 4.80. The number of terminal acetylenes is 1. The number of anilines is 1. The third kappa shape index (κ3) is 1.81. The average Bonchev–Trinajstić information content (AvgIpc) is 2.90. The molecular weight excluding hydrogens is 280 g/mol. The second kappa shape index (κ2) is 4.88. The van der Waals surface area contributed by atoms with Crippen LogP contribution in [0, 0.1) is 18.3 Å². The standard InChI is InChI=1S/C21H20N2/c1-2-10-22-11-12-23-18-9-4-3-6-15(18)13-16-7-5-8-17-14-19(22)21(23)20(16)17/h1,3-9,17,19H,10-14H2/t17-,19-/m1/s1. The van der Waals surface area contributed by atoms with Crippen LogP contribution in [0.1, 0.15) is 12.0 Å². The second-order valence-electron chi connectivity index (χ2n) is 6.87. The largest absolute Gasteiger partial charge is 0.342 e. The molecule has 1 aromatic carbocycles. The first-order chi connectivity index (χ1) is 11.4. The molecule has 0 amide bonds. The summed E-state index contributed by atoms with van der Waals surface area (Å²) in [7, 11) is 0. The molecule has 0 unspecified atom stereocenters. The minimum Gasteiger partial charge on any atom is -0.342 e. The maximum absolute atomic E-state index is 5.63. The summed E-state index contributed by atoms with van der Waals surface area (Å²) in [5, 5.41) is 0. The summed E-state index contributed by atoms with van der Waals surface area (Å²) >= 11 is 0. The van der Waals surface area contributed by atoms with E-state index in [0.29, 0.717) is 12.0 Å². The van der Waals surface area contributed by atoms with Crippen LogP contribution in [0.3, 0.4) is 0 Å². The molecule has 4 aliphatic rings.